The van der Waals surface area contributed by atoms with Crippen molar-refractivity contribution in [2.75, 3.05) is 25.0 Å². The monoisotopic (exact) mass is 524 g/mol. The summed E-state index contributed by atoms with van der Waals surface area (Å²) < 4.78 is 0. The fraction of sp³-hybridized carbons (Fsp3) is 0.310. The Morgan fingerprint density at radius 3 is 2.82 bits per heavy atom. The van der Waals surface area contributed by atoms with E-state index in [-0.39, 0.29) is 6.04 Å². The van der Waals surface area contributed by atoms with Gasteiger partial charge in [0.15, 0.2) is 0 Å². The van der Waals surface area contributed by atoms with E-state index in [1.54, 1.807) is 18.6 Å². The van der Waals surface area contributed by atoms with Crippen molar-refractivity contribution in [3.8, 4) is 11.3 Å². The van der Waals surface area contributed by atoms with Gasteiger partial charge in [0.2, 0.25) is 0 Å². The molecule has 0 unspecified atom stereocenters. The van der Waals surface area contributed by atoms with E-state index in [1.165, 1.54) is 18.4 Å². The molecule has 192 valence electrons. The number of aryl methyl sites for hydroxylation is 1. The molecule has 1 atom stereocenters. The molecule has 0 bridgehead atoms. The van der Waals surface area contributed by atoms with E-state index < -0.39 is 0 Å². The second-order valence-electron chi connectivity index (χ2n) is 10.0. The molecule has 1 aromatic carbocycles. The predicted molar refractivity (Wildman–Crippen MR) is 152 cm³/mol. The Morgan fingerprint density at radius 2 is 2.00 bits per heavy atom. The first-order valence-corrected chi connectivity index (χ1v) is 13.3. The van der Waals surface area contributed by atoms with Crippen LogP contribution >= 0.6 is 11.6 Å². The van der Waals surface area contributed by atoms with Gasteiger partial charge in [-0.1, -0.05) is 23.7 Å². The predicted octanol–water partition coefficient (Wildman–Crippen LogP) is 5.52. The number of likely N-dealkylation sites (tertiary alicyclic amines) is 1. The number of nitrogens with one attached hydrogen (secondary N) is 1. The molecule has 8 nitrogen and oxygen atoms in total. The minimum atomic E-state index is 0.220. The van der Waals surface area contributed by atoms with E-state index >= 15 is 0 Å². The Morgan fingerprint density at radius 1 is 1.13 bits per heavy atom. The molecular formula is C29H29ClN8. The SMILES string of the molecule is Cc1nccc(/C=C/C(=N)N2CC[C@@H](N(C)c3ncnc4cc(-c5cccc(Cl)c5C5CC5)ncc34)C2)n1. The number of halogens is 1. The standard InChI is InChI=1S/C29H29ClN8/c1-18-32-12-10-20(36-18)8-9-27(31)38-13-11-21(16-38)37(2)29-23-15-33-25(14-26(23)34-17-35-29)22-4-3-5-24(30)28(22)19-6-7-19/h3-5,8-10,12,14-15,17,19,21,31H,6-7,11,13,16H2,1-2H3/b9-8+,31-27?/t21-/m1/s1. The Bertz CT molecular complexity index is 1550. The largest absolute Gasteiger partial charge is 0.355 e. The molecule has 6 rings (SSSR count). The summed E-state index contributed by atoms with van der Waals surface area (Å²) in [5, 5.41) is 10.3. The molecular weight excluding hydrogens is 496 g/mol. The number of pyridine rings is 1. The van der Waals surface area contributed by atoms with Crippen LogP contribution < -0.4 is 4.90 Å². The number of anilines is 1. The van der Waals surface area contributed by atoms with Gasteiger partial charge in [-0.15, -0.1) is 0 Å². The fourth-order valence-electron chi connectivity index (χ4n) is 5.20. The van der Waals surface area contributed by atoms with Crippen molar-refractivity contribution >= 4 is 40.2 Å². The third kappa shape index (κ3) is 4.84. The van der Waals surface area contributed by atoms with Crippen molar-refractivity contribution in [2.24, 2.45) is 0 Å². The van der Waals surface area contributed by atoms with Crippen LogP contribution in [0.3, 0.4) is 0 Å². The first kappa shape index (κ1) is 24.4. The van der Waals surface area contributed by atoms with E-state index in [0.29, 0.717) is 11.8 Å². The number of hydrogen-bond donors (Lipinski definition) is 1. The van der Waals surface area contributed by atoms with Crippen molar-refractivity contribution in [2.45, 2.75) is 38.1 Å². The topological polar surface area (TPSA) is 94.8 Å². The minimum Gasteiger partial charge on any atom is -0.355 e. The molecule has 3 aromatic heterocycles. The average molecular weight is 525 g/mol. The van der Waals surface area contributed by atoms with Gasteiger partial charge < -0.3 is 9.80 Å². The Labute approximate surface area is 227 Å². The second-order valence-corrected chi connectivity index (χ2v) is 10.4. The molecule has 0 amide bonds. The molecule has 1 N–H and O–H groups in total. The first-order chi connectivity index (χ1) is 18.5. The zero-order valence-electron chi connectivity index (χ0n) is 21.5. The Balaban J connectivity index is 1.21. The van der Waals surface area contributed by atoms with Gasteiger partial charge in [-0.3, -0.25) is 10.4 Å². The van der Waals surface area contributed by atoms with Crippen molar-refractivity contribution in [1.29, 1.82) is 5.41 Å². The third-order valence-electron chi connectivity index (χ3n) is 7.41. The van der Waals surface area contributed by atoms with Gasteiger partial charge >= 0.3 is 0 Å². The van der Waals surface area contributed by atoms with Gasteiger partial charge in [0, 0.05) is 49.2 Å². The minimum absolute atomic E-state index is 0.220. The van der Waals surface area contributed by atoms with Crippen molar-refractivity contribution < 1.29 is 0 Å². The number of hydrogen-bond acceptors (Lipinski definition) is 7. The fourth-order valence-corrected chi connectivity index (χ4v) is 5.53. The van der Waals surface area contributed by atoms with Crippen molar-refractivity contribution in [3.63, 3.8) is 0 Å². The Hall–Kier alpha value is -3.91. The number of amidine groups is 1. The average Bonchev–Trinajstić information content (AvgIpc) is 3.65. The zero-order chi connectivity index (χ0) is 26.2. The van der Waals surface area contributed by atoms with Gasteiger partial charge in [-0.25, -0.2) is 19.9 Å². The Kier molecular flexibility index (Phi) is 6.49. The van der Waals surface area contributed by atoms with Crippen LogP contribution in [0, 0.1) is 12.3 Å². The van der Waals surface area contributed by atoms with E-state index in [0.717, 1.165) is 64.0 Å². The quantitative estimate of drug-likeness (QED) is 0.262. The number of fused-ring (bicyclic) bond motifs is 1. The molecule has 2 fully saturated rings. The smallest absolute Gasteiger partial charge is 0.141 e. The normalized spacial score (nSPS) is 17.4. The van der Waals surface area contributed by atoms with E-state index in [4.69, 9.17) is 22.0 Å². The molecule has 4 aromatic rings. The highest BCUT2D eigenvalue weighted by atomic mass is 35.5. The van der Waals surface area contributed by atoms with E-state index in [2.05, 4.69) is 42.8 Å². The lowest BCUT2D eigenvalue weighted by atomic mass is 9.99. The highest BCUT2D eigenvalue weighted by molar-refractivity contribution is 6.31. The maximum atomic E-state index is 8.56. The summed E-state index contributed by atoms with van der Waals surface area (Å²) in [5.41, 5.74) is 4.84. The van der Waals surface area contributed by atoms with Crippen LogP contribution in [0.4, 0.5) is 5.82 Å². The van der Waals surface area contributed by atoms with Crippen LogP contribution in [0.2, 0.25) is 5.02 Å². The summed E-state index contributed by atoms with van der Waals surface area (Å²) in [7, 11) is 2.06. The van der Waals surface area contributed by atoms with E-state index in [9.17, 15) is 0 Å². The lowest BCUT2D eigenvalue weighted by molar-refractivity contribution is 0.505. The number of likely N-dealkylation sites (N-methyl/N-ethyl adjacent to an activating group) is 1. The van der Waals surface area contributed by atoms with Gasteiger partial charge in [0.05, 0.1) is 22.3 Å². The number of aromatic nitrogens is 5. The molecule has 38 heavy (non-hydrogen) atoms. The molecule has 0 spiro atoms. The summed E-state index contributed by atoms with van der Waals surface area (Å²) >= 11 is 6.57. The first-order valence-electron chi connectivity index (χ1n) is 12.9. The van der Waals surface area contributed by atoms with Crippen LogP contribution in [0.1, 0.15) is 42.3 Å². The van der Waals surface area contributed by atoms with Crippen LogP contribution in [0.15, 0.2) is 55.1 Å². The molecule has 2 aliphatic rings. The molecule has 1 aliphatic heterocycles. The maximum absolute atomic E-state index is 8.56. The number of benzene rings is 1. The summed E-state index contributed by atoms with van der Waals surface area (Å²) in [6.07, 6.45) is 12.2. The van der Waals surface area contributed by atoms with Gasteiger partial charge in [0.1, 0.15) is 23.8 Å². The zero-order valence-corrected chi connectivity index (χ0v) is 22.2. The lowest BCUT2D eigenvalue weighted by Gasteiger charge is -2.27. The van der Waals surface area contributed by atoms with Crippen LogP contribution in [-0.4, -0.2) is 61.8 Å². The molecule has 1 saturated heterocycles. The molecule has 9 heteroatoms. The summed E-state index contributed by atoms with van der Waals surface area (Å²) in [6.45, 7) is 3.41. The number of nitrogens with zero attached hydrogens (tertiary/aromatic N) is 7. The maximum Gasteiger partial charge on any atom is 0.141 e. The van der Waals surface area contributed by atoms with Crippen molar-refractivity contribution in [3.05, 3.63) is 77.2 Å². The summed E-state index contributed by atoms with van der Waals surface area (Å²) in [5.74, 6) is 2.57. The molecule has 4 heterocycles. The van der Waals surface area contributed by atoms with Gasteiger partial charge in [-0.05, 0) is 68.0 Å². The third-order valence-corrected chi connectivity index (χ3v) is 7.74. The second kappa shape index (κ2) is 10.1. The van der Waals surface area contributed by atoms with Crippen LogP contribution in [0.25, 0.3) is 28.2 Å². The van der Waals surface area contributed by atoms with Crippen LogP contribution in [-0.2, 0) is 0 Å². The van der Waals surface area contributed by atoms with Crippen molar-refractivity contribution in [1.82, 2.24) is 29.8 Å². The number of rotatable bonds is 6. The molecule has 1 saturated carbocycles. The molecule has 0 radical (unpaired) electrons. The van der Waals surface area contributed by atoms with Gasteiger partial charge in [0.25, 0.3) is 0 Å². The molecule has 1 aliphatic carbocycles. The highest BCUT2D eigenvalue weighted by Crippen LogP contribution is 2.47. The van der Waals surface area contributed by atoms with Gasteiger partial charge in [-0.2, -0.15) is 0 Å². The van der Waals surface area contributed by atoms with E-state index in [1.807, 2.05) is 43.5 Å². The summed E-state index contributed by atoms with van der Waals surface area (Å²) in [4.78, 5) is 26.8. The highest BCUT2D eigenvalue weighted by Gasteiger charge is 2.30. The van der Waals surface area contributed by atoms with Crippen LogP contribution in [0.5, 0.6) is 0 Å². The summed E-state index contributed by atoms with van der Waals surface area (Å²) in [6, 6.07) is 10.2. The lowest BCUT2D eigenvalue weighted by Crippen LogP contribution is -2.36.